The number of anilines is 1. The maximum Gasteiger partial charge on any atom is 0.203 e. The second kappa shape index (κ2) is 10.2. The second-order valence-electron chi connectivity index (χ2n) is 6.29. The Kier molecular flexibility index (Phi) is 7.96. The van der Waals surface area contributed by atoms with Gasteiger partial charge in [-0.1, -0.05) is 0 Å². The van der Waals surface area contributed by atoms with Crippen LogP contribution < -0.4 is 23.8 Å². The lowest BCUT2D eigenvalue weighted by Crippen LogP contribution is -2.12. The van der Waals surface area contributed by atoms with Crippen molar-refractivity contribution < 1.29 is 23.7 Å². The summed E-state index contributed by atoms with van der Waals surface area (Å²) in [6.07, 6.45) is 1.72. The highest BCUT2D eigenvalue weighted by Crippen LogP contribution is 2.39. The van der Waals surface area contributed by atoms with Crippen LogP contribution in [0.2, 0.25) is 0 Å². The first-order valence-electron chi connectivity index (χ1n) is 9.02. The lowest BCUT2D eigenvalue weighted by atomic mass is 10.1. The van der Waals surface area contributed by atoms with Crippen LogP contribution in [0.25, 0.3) is 6.08 Å². The number of hydrogen-bond donors (Lipinski definition) is 0. The Morgan fingerprint density at radius 2 is 1.62 bits per heavy atom. The Balaban J connectivity index is 2.42. The molecule has 0 atom stereocenters. The number of ketones is 1. The molecule has 0 saturated heterocycles. The fourth-order valence-corrected chi connectivity index (χ4v) is 3.31. The van der Waals surface area contributed by atoms with Crippen LogP contribution >= 0.6 is 15.9 Å². The molecule has 0 aliphatic heterocycles. The van der Waals surface area contributed by atoms with Crippen molar-refractivity contribution in [3.63, 3.8) is 0 Å². The maximum absolute atomic E-state index is 13.0. The van der Waals surface area contributed by atoms with E-state index in [2.05, 4.69) is 15.9 Å². The SMILES string of the molecule is CCOc1ccc(C(=O)/C(Br)=C\c2cc(OC)c(OC)c(OC)c2)cc1N(C)C. The molecule has 2 aromatic carbocycles. The van der Waals surface area contributed by atoms with Crippen LogP contribution in [0.15, 0.2) is 34.8 Å². The Morgan fingerprint density at radius 1 is 1.00 bits per heavy atom. The fraction of sp³-hybridized carbons (Fsp3) is 0.318. The molecular formula is C22H26BrNO5. The molecule has 0 heterocycles. The predicted octanol–water partition coefficient (Wildman–Crippen LogP) is 4.80. The van der Waals surface area contributed by atoms with Gasteiger partial charge in [-0.05, 0) is 64.8 Å². The fourth-order valence-electron chi connectivity index (χ4n) is 2.82. The van der Waals surface area contributed by atoms with E-state index in [0.29, 0.717) is 33.9 Å². The molecule has 0 N–H and O–H groups in total. The van der Waals surface area contributed by atoms with E-state index in [0.717, 1.165) is 17.0 Å². The third kappa shape index (κ3) is 5.23. The largest absolute Gasteiger partial charge is 0.493 e. The monoisotopic (exact) mass is 463 g/mol. The molecule has 0 aromatic heterocycles. The van der Waals surface area contributed by atoms with Gasteiger partial charge in [-0.15, -0.1) is 0 Å². The van der Waals surface area contributed by atoms with E-state index in [1.165, 1.54) is 0 Å². The molecule has 0 spiro atoms. The van der Waals surface area contributed by atoms with Gasteiger partial charge >= 0.3 is 0 Å². The number of carbonyl (C=O) groups is 1. The maximum atomic E-state index is 13.0. The molecule has 0 saturated carbocycles. The van der Waals surface area contributed by atoms with E-state index < -0.39 is 0 Å². The second-order valence-corrected chi connectivity index (χ2v) is 7.14. The zero-order valence-corrected chi connectivity index (χ0v) is 19.1. The standard InChI is InChI=1S/C22H26BrNO5/c1-7-29-18-9-8-15(13-17(18)24(2)3)21(25)16(23)10-14-11-19(26-4)22(28-6)20(12-14)27-5/h8-13H,7H2,1-6H3/b16-10+. The van der Waals surface area contributed by atoms with Crippen molar-refractivity contribution in [2.24, 2.45) is 0 Å². The van der Waals surface area contributed by atoms with Crippen LogP contribution in [-0.4, -0.2) is 47.8 Å². The number of methoxy groups -OCH3 is 3. The summed E-state index contributed by atoms with van der Waals surface area (Å²) in [5.74, 6) is 2.11. The minimum Gasteiger partial charge on any atom is -0.493 e. The first-order chi connectivity index (χ1) is 13.9. The highest BCUT2D eigenvalue weighted by Gasteiger charge is 2.16. The van der Waals surface area contributed by atoms with E-state index in [4.69, 9.17) is 18.9 Å². The number of carbonyl (C=O) groups excluding carboxylic acids is 1. The van der Waals surface area contributed by atoms with Crippen LogP contribution in [0, 0.1) is 0 Å². The summed E-state index contributed by atoms with van der Waals surface area (Å²) in [4.78, 5) is 14.9. The van der Waals surface area contributed by atoms with Crippen molar-refractivity contribution in [1.82, 2.24) is 0 Å². The van der Waals surface area contributed by atoms with Gasteiger partial charge < -0.3 is 23.8 Å². The van der Waals surface area contributed by atoms with Gasteiger partial charge in [0.2, 0.25) is 5.75 Å². The minimum atomic E-state index is -0.148. The molecule has 0 aliphatic carbocycles. The number of benzene rings is 2. The van der Waals surface area contributed by atoms with E-state index in [9.17, 15) is 4.79 Å². The highest BCUT2D eigenvalue weighted by atomic mass is 79.9. The van der Waals surface area contributed by atoms with Gasteiger partial charge in [0.25, 0.3) is 0 Å². The molecule has 2 aromatic rings. The number of halogens is 1. The minimum absolute atomic E-state index is 0.148. The number of allylic oxidation sites excluding steroid dienone is 1. The lowest BCUT2D eigenvalue weighted by Gasteiger charge is -2.18. The Hall–Kier alpha value is -2.67. The summed E-state index contributed by atoms with van der Waals surface area (Å²) in [6, 6.07) is 8.94. The van der Waals surface area contributed by atoms with Crippen molar-refractivity contribution in [2.45, 2.75) is 6.92 Å². The van der Waals surface area contributed by atoms with Gasteiger partial charge in [0.15, 0.2) is 17.3 Å². The lowest BCUT2D eigenvalue weighted by molar-refractivity contribution is 0.104. The number of hydrogen-bond acceptors (Lipinski definition) is 6. The third-order valence-electron chi connectivity index (χ3n) is 4.20. The van der Waals surface area contributed by atoms with E-state index in [1.54, 1.807) is 45.6 Å². The highest BCUT2D eigenvalue weighted by molar-refractivity contribution is 9.12. The van der Waals surface area contributed by atoms with Crippen molar-refractivity contribution in [3.8, 4) is 23.0 Å². The van der Waals surface area contributed by atoms with Crippen LogP contribution in [0.4, 0.5) is 5.69 Å². The zero-order chi connectivity index (χ0) is 21.6. The molecule has 2 rings (SSSR count). The normalized spacial score (nSPS) is 11.1. The topological polar surface area (TPSA) is 57.2 Å². The summed E-state index contributed by atoms with van der Waals surface area (Å²) in [5, 5.41) is 0. The third-order valence-corrected chi connectivity index (χ3v) is 4.79. The molecule has 6 nitrogen and oxygen atoms in total. The molecule has 0 aliphatic rings. The molecule has 0 radical (unpaired) electrons. The Morgan fingerprint density at radius 3 is 2.10 bits per heavy atom. The van der Waals surface area contributed by atoms with E-state index >= 15 is 0 Å². The quantitative estimate of drug-likeness (QED) is 0.393. The smallest absolute Gasteiger partial charge is 0.203 e. The Bertz CT molecular complexity index is 883. The summed E-state index contributed by atoms with van der Waals surface area (Å²) in [7, 11) is 8.46. The molecule has 0 bridgehead atoms. The van der Waals surface area contributed by atoms with Crippen LogP contribution in [0.5, 0.6) is 23.0 Å². The molecule has 7 heteroatoms. The van der Waals surface area contributed by atoms with Crippen LogP contribution in [0.3, 0.4) is 0 Å². The van der Waals surface area contributed by atoms with Gasteiger partial charge in [-0.2, -0.15) is 0 Å². The Labute approximate surface area is 180 Å². The van der Waals surface area contributed by atoms with Crippen LogP contribution in [0.1, 0.15) is 22.8 Å². The molecule has 29 heavy (non-hydrogen) atoms. The summed E-state index contributed by atoms with van der Waals surface area (Å²) < 4.78 is 22.1. The van der Waals surface area contributed by atoms with E-state index in [-0.39, 0.29) is 5.78 Å². The summed E-state index contributed by atoms with van der Waals surface area (Å²) in [6.45, 7) is 2.48. The first kappa shape index (κ1) is 22.6. The van der Waals surface area contributed by atoms with Gasteiger partial charge in [-0.25, -0.2) is 0 Å². The average molecular weight is 464 g/mol. The van der Waals surface area contributed by atoms with Gasteiger partial charge in [0.1, 0.15) is 5.75 Å². The predicted molar refractivity (Wildman–Crippen MR) is 119 cm³/mol. The number of rotatable bonds is 9. The van der Waals surface area contributed by atoms with Crippen molar-refractivity contribution in [2.75, 3.05) is 46.9 Å². The van der Waals surface area contributed by atoms with Gasteiger partial charge in [-0.3, -0.25) is 4.79 Å². The molecule has 0 amide bonds. The van der Waals surface area contributed by atoms with Gasteiger partial charge in [0.05, 0.1) is 38.1 Å². The molecular weight excluding hydrogens is 438 g/mol. The molecule has 156 valence electrons. The molecule has 0 fully saturated rings. The number of Topliss-reactive ketones (excluding diaryl/α,β-unsaturated/α-hetero) is 1. The number of nitrogens with zero attached hydrogens (tertiary/aromatic N) is 1. The van der Waals surface area contributed by atoms with Crippen molar-refractivity contribution >= 4 is 33.5 Å². The first-order valence-corrected chi connectivity index (χ1v) is 9.81. The summed E-state index contributed by atoms with van der Waals surface area (Å²) >= 11 is 3.41. The average Bonchev–Trinajstić information content (AvgIpc) is 2.72. The van der Waals surface area contributed by atoms with E-state index in [1.807, 2.05) is 38.1 Å². The van der Waals surface area contributed by atoms with Crippen LogP contribution in [-0.2, 0) is 0 Å². The van der Waals surface area contributed by atoms with Crippen molar-refractivity contribution in [1.29, 1.82) is 0 Å². The number of ether oxygens (including phenoxy) is 4. The molecule has 0 unspecified atom stereocenters. The zero-order valence-electron chi connectivity index (χ0n) is 17.5. The van der Waals surface area contributed by atoms with Gasteiger partial charge in [0, 0.05) is 19.7 Å². The summed E-state index contributed by atoms with van der Waals surface area (Å²) in [5.41, 5.74) is 2.12. The van der Waals surface area contributed by atoms with Crippen molar-refractivity contribution in [3.05, 3.63) is 45.9 Å².